The van der Waals surface area contributed by atoms with Gasteiger partial charge in [-0.2, -0.15) is 14.9 Å². The Morgan fingerprint density at radius 1 is 1.23 bits per heavy atom. The Morgan fingerprint density at radius 2 is 2.00 bits per heavy atom. The number of ether oxygens (including phenoxy) is 1. The third-order valence-electron chi connectivity index (χ3n) is 3.55. The summed E-state index contributed by atoms with van der Waals surface area (Å²) in [6, 6.07) is 15.9. The van der Waals surface area contributed by atoms with Crippen LogP contribution in [0.4, 0.5) is 0 Å². The number of hydrogen-bond acceptors (Lipinski definition) is 5. The van der Waals surface area contributed by atoms with Crippen LogP contribution in [0.5, 0.6) is 5.75 Å². The Labute approximate surface area is 162 Å². The van der Waals surface area contributed by atoms with Crippen LogP contribution in [0.2, 0.25) is 0 Å². The lowest BCUT2D eigenvalue weighted by atomic mass is 10.2. The lowest BCUT2D eigenvalue weighted by Gasteiger charge is -2.10. The molecule has 26 heavy (non-hydrogen) atoms. The molecule has 5 nitrogen and oxygen atoms in total. The van der Waals surface area contributed by atoms with Crippen LogP contribution in [-0.2, 0) is 0 Å². The smallest absolute Gasteiger partial charge is 0.216 e. The van der Waals surface area contributed by atoms with Crippen molar-refractivity contribution >= 4 is 30.2 Å². The van der Waals surface area contributed by atoms with E-state index in [1.807, 2.05) is 50.2 Å². The average Bonchev–Trinajstić information content (AvgIpc) is 3.01. The average molecular weight is 385 g/mol. The molecule has 134 valence electrons. The minimum Gasteiger partial charge on any atom is -0.491 e. The molecule has 0 fully saturated rings. The SMILES string of the molecule is CSc1ccc(C=Nn2c(-c3cccc(OC(C)C)c3)n[nH]c2=S)cc1. The lowest BCUT2D eigenvalue weighted by molar-refractivity contribution is 0.242. The van der Waals surface area contributed by atoms with Crippen molar-refractivity contribution in [2.75, 3.05) is 6.26 Å². The van der Waals surface area contributed by atoms with E-state index in [2.05, 4.69) is 33.7 Å². The number of nitrogens with zero attached hydrogens (tertiary/aromatic N) is 3. The predicted octanol–water partition coefficient (Wildman–Crippen LogP) is 5.00. The Hall–Kier alpha value is -2.38. The molecule has 3 rings (SSSR count). The number of aromatic amines is 1. The van der Waals surface area contributed by atoms with Gasteiger partial charge in [-0.3, -0.25) is 0 Å². The van der Waals surface area contributed by atoms with E-state index in [1.54, 1.807) is 22.7 Å². The van der Waals surface area contributed by atoms with E-state index < -0.39 is 0 Å². The van der Waals surface area contributed by atoms with Crippen molar-refractivity contribution in [3.8, 4) is 17.1 Å². The zero-order valence-electron chi connectivity index (χ0n) is 14.8. The van der Waals surface area contributed by atoms with Crippen LogP contribution in [-0.4, -0.2) is 33.4 Å². The first-order valence-corrected chi connectivity index (χ1v) is 9.83. The maximum atomic E-state index is 5.76. The monoisotopic (exact) mass is 384 g/mol. The van der Waals surface area contributed by atoms with Gasteiger partial charge >= 0.3 is 0 Å². The first-order valence-electron chi connectivity index (χ1n) is 8.20. The number of hydrogen-bond donors (Lipinski definition) is 1. The first-order chi connectivity index (χ1) is 12.6. The van der Waals surface area contributed by atoms with Crippen LogP contribution >= 0.6 is 24.0 Å². The van der Waals surface area contributed by atoms with Crippen LogP contribution in [0.15, 0.2) is 58.5 Å². The molecule has 0 radical (unpaired) electrons. The molecule has 1 heterocycles. The van der Waals surface area contributed by atoms with Gasteiger partial charge in [0.2, 0.25) is 4.77 Å². The van der Waals surface area contributed by atoms with E-state index >= 15 is 0 Å². The molecule has 0 aliphatic heterocycles. The third kappa shape index (κ3) is 4.42. The van der Waals surface area contributed by atoms with Crippen molar-refractivity contribution in [3.63, 3.8) is 0 Å². The van der Waals surface area contributed by atoms with Gasteiger partial charge in [0.05, 0.1) is 12.3 Å². The van der Waals surface area contributed by atoms with Gasteiger partial charge in [0.25, 0.3) is 0 Å². The minimum atomic E-state index is 0.105. The lowest BCUT2D eigenvalue weighted by Crippen LogP contribution is -2.05. The van der Waals surface area contributed by atoms with Gasteiger partial charge in [0, 0.05) is 10.5 Å². The van der Waals surface area contributed by atoms with Gasteiger partial charge in [-0.15, -0.1) is 11.8 Å². The summed E-state index contributed by atoms with van der Waals surface area (Å²) in [6.07, 6.45) is 3.93. The molecular formula is C19H20N4OS2. The molecule has 7 heteroatoms. The Kier molecular flexibility index (Phi) is 5.90. The second-order valence-electron chi connectivity index (χ2n) is 5.88. The van der Waals surface area contributed by atoms with Crippen molar-refractivity contribution in [2.24, 2.45) is 5.10 Å². The van der Waals surface area contributed by atoms with Gasteiger partial charge in [-0.05, 0) is 62.2 Å². The fraction of sp³-hybridized carbons (Fsp3) is 0.211. The van der Waals surface area contributed by atoms with Crippen molar-refractivity contribution in [1.82, 2.24) is 14.9 Å². The fourth-order valence-electron chi connectivity index (χ4n) is 2.38. The van der Waals surface area contributed by atoms with Crippen molar-refractivity contribution in [1.29, 1.82) is 0 Å². The van der Waals surface area contributed by atoms with Crippen molar-refractivity contribution in [3.05, 3.63) is 58.9 Å². The highest BCUT2D eigenvalue weighted by atomic mass is 32.2. The molecule has 0 aliphatic rings. The number of benzene rings is 2. The second kappa shape index (κ2) is 8.33. The summed E-state index contributed by atoms with van der Waals surface area (Å²) in [5, 5.41) is 11.6. The molecule has 0 saturated heterocycles. The van der Waals surface area contributed by atoms with Crippen molar-refractivity contribution in [2.45, 2.75) is 24.8 Å². The maximum absolute atomic E-state index is 5.76. The van der Waals surface area contributed by atoms with Crippen LogP contribution in [0.3, 0.4) is 0 Å². The number of H-pyrrole nitrogens is 1. The number of nitrogens with one attached hydrogen (secondary N) is 1. The van der Waals surface area contributed by atoms with Crippen LogP contribution in [0.1, 0.15) is 19.4 Å². The predicted molar refractivity (Wildman–Crippen MR) is 110 cm³/mol. The summed E-state index contributed by atoms with van der Waals surface area (Å²) in [5.74, 6) is 1.43. The van der Waals surface area contributed by atoms with Crippen LogP contribution < -0.4 is 4.74 Å². The summed E-state index contributed by atoms with van der Waals surface area (Å²) >= 11 is 7.03. The Bertz CT molecular complexity index is 958. The molecule has 0 amide bonds. The standard InChI is InChI=1S/C19H20N4OS2/c1-13(2)24-16-6-4-5-15(11-16)18-21-22-19(25)23(18)20-12-14-7-9-17(26-3)10-8-14/h4-13H,1-3H3,(H,22,25). The third-order valence-corrected chi connectivity index (χ3v) is 4.56. The van der Waals surface area contributed by atoms with E-state index in [9.17, 15) is 0 Å². The van der Waals surface area contributed by atoms with Gasteiger partial charge in [0.1, 0.15) is 5.75 Å². The highest BCUT2D eigenvalue weighted by molar-refractivity contribution is 7.98. The van der Waals surface area contributed by atoms with E-state index in [-0.39, 0.29) is 6.10 Å². The molecular weight excluding hydrogens is 364 g/mol. The van der Waals surface area contributed by atoms with E-state index in [4.69, 9.17) is 17.0 Å². The van der Waals surface area contributed by atoms with E-state index in [0.717, 1.165) is 16.9 Å². The van der Waals surface area contributed by atoms with Gasteiger partial charge < -0.3 is 4.74 Å². The Morgan fingerprint density at radius 3 is 2.69 bits per heavy atom. The fourth-order valence-corrected chi connectivity index (χ4v) is 2.97. The zero-order valence-corrected chi connectivity index (χ0v) is 16.5. The first kappa shape index (κ1) is 18.4. The maximum Gasteiger partial charge on any atom is 0.216 e. The largest absolute Gasteiger partial charge is 0.491 e. The molecule has 3 aromatic rings. The molecule has 0 spiro atoms. The Balaban J connectivity index is 1.91. The summed E-state index contributed by atoms with van der Waals surface area (Å²) < 4.78 is 7.81. The molecule has 0 unspecified atom stereocenters. The van der Waals surface area contributed by atoms with Crippen LogP contribution in [0, 0.1) is 4.77 Å². The molecule has 0 aliphatic carbocycles. The highest BCUT2D eigenvalue weighted by Crippen LogP contribution is 2.23. The summed E-state index contributed by atoms with van der Waals surface area (Å²) in [4.78, 5) is 1.21. The van der Waals surface area contributed by atoms with Gasteiger partial charge in [0.15, 0.2) is 5.82 Å². The van der Waals surface area contributed by atoms with E-state index in [0.29, 0.717) is 10.6 Å². The van der Waals surface area contributed by atoms with Gasteiger partial charge in [-0.1, -0.05) is 24.3 Å². The number of rotatable bonds is 6. The highest BCUT2D eigenvalue weighted by Gasteiger charge is 2.09. The summed E-state index contributed by atoms with van der Waals surface area (Å²) in [7, 11) is 0. The molecule has 0 saturated carbocycles. The van der Waals surface area contributed by atoms with Crippen molar-refractivity contribution < 1.29 is 4.74 Å². The normalized spacial score (nSPS) is 11.4. The zero-order chi connectivity index (χ0) is 18.5. The van der Waals surface area contributed by atoms with Gasteiger partial charge in [-0.25, -0.2) is 5.10 Å². The molecule has 1 N–H and O–H groups in total. The van der Waals surface area contributed by atoms with Crippen LogP contribution in [0.25, 0.3) is 11.4 Å². The molecule has 2 aromatic carbocycles. The minimum absolute atomic E-state index is 0.105. The van der Waals surface area contributed by atoms with E-state index in [1.165, 1.54) is 4.90 Å². The molecule has 0 atom stereocenters. The quantitative estimate of drug-likeness (QED) is 0.369. The number of thioether (sulfide) groups is 1. The second-order valence-corrected chi connectivity index (χ2v) is 7.14. The topological polar surface area (TPSA) is 55.2 Å². The molecule has 1 aromatic heterocycles. The summed E-state index contributed by atoms with van der Waals surface area (Å²) in [6.45, 7) is 3.99. The number of aromatic nitrogens is 3. The summed E-state index contributed by atoms with van der Waals surface area (Å²) in [5.41, 5.74) is 1.87. The molecule has 0 bridgehead atoms.